The molecule has 0 saturated carbocycles. The Hall–Kier alpha value is -1.76. The van der Waals surface area contributed by atoms with Crippen molar-refractivity contribution in [3.05, 3.63) is 63.1 Å². The lowest BCUT2D eigenvalue weighted by molar-refractivity contribution is -0.122. The molecule has 1 aliphatic carbocycles. The summed E-state index contributed by atoms with van der Waals surface area (Å²) in [5.41, 5.74) is 3.94. The highest BCUT2D eigenvalue weighted by atomic mass is 35.5. The highest BCUT2D eigenvalue weighted by Gasteiger charge is 2.32. The molecule has 2 atom stereocenters. The molecule has 0 saturated heterocycles. The van der Waals surface area contributed by atoms with Gasteiger partial charge in [-0.15, -0.1) is 0 Å². The minimum Gasteiger partial charge on any atom is -0.347 e. The van der Waals surface area contributed by atoms with Crippen molar-refractivity contribution in [3.8, 4) is 0 Å². The number of halogens is 2. The molecule has 1 aliphatic rings. The summed E-state index contributed by atoms with van der Waals surface area (Å²) in [6.07, 6.45) is 6.28. The van der Waals surface area contributed by atoms with Gasteiger partial charge < -0.3 is 5.32 Å². The van der Waals surface area contributed by atoms with E-state index < -0.39 is 22.0 Å². The van der Waals surface area contributed by atoms with Crippen LogP contribution in [0, 0.1) is 0 Å². The minimum absolute atomic E-state index is 0.182. The smallest absolute Gasteiger partial charge is 0.244 e. The summed E-state index contributed by atoms with van der Waals surface area (Å²) < 4.78 is 26.2. The summed E-state index contributed by atoms with van der Waals surface area (Å²) >= 11 is 12.3. The summed E-state index contributed by atoms with van der Waals surface area (Å²) in [7, 11) is -3.79. The van der Waals surface area contributed by atoms with Crippen LogP contribution < -0.4 is 9.62 Å². The van der Waals surface area contributed by atoms with Gasteiger partial charge in [-0.1, -0.05) is 48.3 Å². The van der Waals surface area contributed by atoms with Gasteiger partial charge in [0, 0.05) is 5.02 Å². The molecule has 0 spiro atoms. The van der Waals surface area contributed by atoms with Crippen molar-refractivity contribution in [1.29, 1.82) is 0 Å². The Morgan fingerprint density at radius 2 is 1.77 bits per heavy atom. The first-order valence-electron chi connectivity index (χ1n) is 10.5. The van der Waals surface area contributed by atoms with Gasteiger partial charge in [-0.2, -0.15) is 0 Å². The van der Waals surface area contributed by atoms with Crippen LogP contribution in [0.25, 0.3) is 0 Å². The summed E-state index contributed by atoms with van der Waals surface area (Å²) in [6.45, 7) is 3.55. The summed E-state index contributed by atoms with van der Waals surface area (Å²) in [4.78, 5) is 13.1. The number of nitrogens with one attached hydrogen (secondary N) is 1. The molecule has 1 N–H and O–H groups in total. The average Bonchev–Trinajstić information content (AvgIpc) is 2.73. The normalized spacial score (nSPS) is 15.6. The Balaban J connectivity index is 1.86. The quantitative estimate of drug-likeness (QED) is 0.582. The van der Waals surface area contributed by atoms with Gasteiger partial charge in [0.05, 0.1) is 23.0 Å². The third kappa shape index (κ3) is 5.54. The molecule has 0 aromatic heterocycles. The molecule has 0 radical (unpaired) electrons. The van der Waals surface area contributed by atoms with Crippen LogP contribution >= 0.6 is 23.2 Å². The van der Waals surface area contributed by atoms with E-state index in [1.807, 2.05) is 6.92 Å². The number of carbonyl (C=O) groups is 1. The molecule has 3 rings (SSSR count). The zero-order chi connectivity index (χ0) is 22.8. The minimum atomic E-state index is -3.79. The van der Waals surface area contributed by atoms with E-state index in [2.05, 4.69) is 23.5 Å². The number of sulfonamides is 1. The first kappa shape index (κ1) is 23.9. The lowest BCUT2D eigenvalue weighted by atomic mass is 9.88. The van der Waals surface area contributed by atoms with Crippen molar-refractivity contribution in [1.82, 2.24) is 5.32 Å². The van der Waals surface area contributed by atoms with E-state index in [0.717, 1.165) is 29.0 Å². The zero-order valence-corrected chi connectivity index (χ0v) is 20.3. The van der Waals surface area contributed by atoms with Crippen LogP contribution in [-0.2, 0) is 27.7 Å². The van der Waals surface area contributed by atoms with Crippen LogP contribution in [0.2, 0.25) is 10.0 Å². The second-order valence-corrected chi connectivity index (χ2v) is 10.7. The van der Waals surface area contributed by atoms with Crippen molar-refractivity contribution < 1.29 is 13.2 Å². The highest BCUT2D eigenvalue weighted by Crippen LogP contribution is 2.32. The number of hydrogen-bond donors (Lipinski definition) is 1. The second kappa shape index (κ2) is 9.80. The maximum absolute atomic E-state index is 13.1. The molecular formula is C23H28Cl2N2O3S. The van der Waals surface area contributed by atoms with Gasteiger partial charge in [-0.25, -0.2) is 8.42 Å². The summed E-state index contributed by atoms with van der Waals surface area (Å²) in [6, 6.07) is 9.72. The predicted molar refractivity (Wildman–Crippen MR) is 128 cm³/mol. The van der Waals surface area contributed by atoms with Crippen LogP contribution in [0.3, 0.4) is 0 Å². The van der Waals surface area contributed by atoms with E-state index in [0.29, 0.717) is 11.4 Å². The lowest BCUT2D eigenvalue weighted by Crippen LogP contribution is -2.48. The number of anilines is 1. The van der Waals surface area contributed by atoms with E-state index in [9.17, 15) is 13.2 Å². The molecule has 2 aromatic rings. The van der Waals surface area contributed by atoms with Crippen molar-refractivity contribution in [2.75, 3.05) is 10.6 Å². The molecular weight excluding hydrogens is 455 g/mol. The third-order valence-electron chi connectivity index (χ3n) is 5.73. The van der Waals surface area contributed by atoms with Gasteiger partial charge in [0.2, 0.25) is 15.9 Å². The molecule has 168 valence electrons. The van der Waals surface area contributed by atoms with Crippen LogP contribution in [0.5, 0.6) is 0 Å². The monoisotopic (exact) mass is 482 g/mol. The molecule has 0 aliphatic heterocycles. The number of fused-ring (bicyclic) bond motifs is 1. The first-order valence-corrected chi connectivity index (χ1v) is 13.1. The standard InChI is InChI=1S/C23H28Cl2N2O3S/c1-4-21(18-10-9-16-7-5-6-8-17(16)13-18)26-23(28)15(2)27(31(3,29)30)22-14-19(24)11-12-20(22)25/h9-15,21H,4-8H2,1-3H3,(H,26,28)/t15-,21+/m1/s1. The lowest BCUT2D eigenvalue weighted by Gasteiger charge is -2.30. The van der Waals surface area contributed by atoms with E-state index in [-0.39, 0.29) is 16.8 Å². The number of nitrogens with zero attached hydrogens (tertiary/aromatic N) is 1. The topological polar surface area (TPSA) is 66.5 Å². The molecule has 0 unspecified atom stereocenters. The van der Waals surface area contributed by atoms with Gasteiger partial charge in [-0.3, -0.25) is 9.10 Å². The van der Waals surface area contributed by atoms with Crippen LogP contribution in [-0.4, -0.2) is 26.6 Å². The van der Waals surface area contributed by atoms with Gasteiger partial charge in [-0.05, 0) is 73.9 Å². The number of hydrogen-bond acceptors (Lipinski definition) is 3. The van der Waals surface area contributed by atoms with Gasteiger partial charge in [0.1, 0.15) is 6.04 Å². The predicted octanol–water partition coefficient (Wildman–Crippen LogP) is 5.29. The molecule has 8 heteroatoms. The first-order chi connectivity index (χ1) is 14.6. The van der Waals surface area contributed by atoms with E-state index >= 15 is 0 Å². The van der Waals surface area contributed by atoms with E-state index in [1.54, 1.807) is 13.0 Å². The molecule has 5 nitrogen and oxygen atoms in total. The number of carbonyl (C=O) groups excluding carboxylic acids is 1. The Kier molecular flexibility index (Phi) is 7.55. The van der Waals surface area contributed by atoms with Gasteiger partial charge in [0.15, 0.2) is 0 Å². The molecule has 0 fully saturated rings. The fraction of sp³-hybridized carbons (Fsp3) is 0.435. The largest absolute Gasteiger partial charge is 0.347 e. The summed E-state index contributed by atoms with van der Waals surface area (Å²) in [5.74, 6) is -0.397. The maximum Gasteiger partial charge on any atom is 0.244 e. The number of benzene rings is 2. The fourth-order valence-electron chi connectivity index (χ4n) is 4.12. The SMILES string of the molecule is CC[C@H](NC(=O)[C@@H](C)N(c1cc(Cl)ccc1Cl)S(C)(=O)=O)c1ccc2c(c1)CCCC2. The maximum atomic E-state index is 13.1. The zero-order valence-electron chi connectivity index (χ0n) is 18.0. The van der Waals surface area contributed by atoms with Crippen LogP contribution in [0.1, 0.15) is 55.8 Å². The Bertz CT molecular complexity index is 1070. The Morgan fingerprint density at radius 1 is 1.10 bits per heavy atom. The highest BCUT2D eigenvalue weighted by molar-refractivity contribution is 7.92. The summed E-state index contributed by atoms with van der Waals surface area (Å²) in [5, 5.41) is 3.56. The Morgan fingerprint density at radius 3 is 2.42 bits per heavy atom. The third-order valence-corrected chi connectivity index (χ3v) is 7.52. The van der Waals surface area contributed by atoms with Crippen molar-refractivity contribution in [3.63, 3.8) is 0 Å². The molecule has 31 heavy (non-hydrogen) atoms. The van der Waals surface area contributed by atoms with E-state index in [1.165, 1.54) is 36.1 Å². The van der Waals surface area contributed by atoms with Gasteiger partial charge in [0.25, 0.3) is 0 Å². The van der Waals surface area contributed by atoms with Crippen molar-refractivity contribution in [2.24, 2.45) is 0 Å². The molecule has 0 heterocycles. The number of amides is 1. The number of rotatable bonds is 7. The molecule has 0 bridgehead atoms. The Labute approximate surface area is 194 Å². The van der Waals surface area contributed by atoms with Crippen molar-refractivity contribution >= 4 is 44.8 Å². The van der Waals surface area contributed by atoms with E-state index in [4.69, 9.17) is 23.2 Å². The van der Waals surface area contributed by atoms with Crippen molar-refractivity contribution in [2.45, 2.75) is 58.0 Å². The fourth-order valence-corrected chi connectivity index (χ4v) is 5.72. The molecule has 1 amide bonds. The van der Waals surface area contributed by atoms with Gasteiger partial charge >= 0.3 is 0 Å². The second-order valence-electron chi connectivity index (χ2n) is 8.04. The molecule has 2 aromatic carbocycles. The van der Waals surface area contributed by atoms with Crippen LogP contribution in [0.4, 0.5) is 5.69 Å². The van der Waals surface area contributed by atoms with Crippen LogP contribution in [0.15, 0.2) is 36.4 Å². The number of aryl methyl sites for hydroxylation is 2. The average molecular weight is 483 g/mol.